The number of benzene rings is 1. The van der Waals surface area contributed by atoms with Crippen molar-refractivity contribution >= 4 is 5.91 Å². The molecule has 2 aromatic rings. The van der Waals surface area contributed by atoms with Crippen molar-refractivity contribution in [2.75, 3.05) is 13.1 Å². The second-order valence-electron chi connectivity index (χ2n) is 6.50. The Morgan fingerprint density at radius 2 is 2.08 bits per heavy atom. The zero-order valence-corrected chi connectivity index (χ0v) is 13.3. The Morgan fingerprint density at radius 3 is 2.88 bits per heavy atom. The van der Waals surface area contributed by atoms with Gasteiger partial charge in [0.2, 0.25) is 5.91 Å². The van der Waals surface area contributed by atoms with Gasteiger partial charge in [0.25, 0.3) is 0 Å². The molecule has 0 radical (unpaired) electrons. The lowest BCUT2D eigenvalue weighted by Gasteiger charge is -2.17. The number of carbonyl (C=O) groups excluding carboxylic acids is 1. The molecule has 1 aliphatic heterocycles. The van der Waals surface area contributed by atoms with E-state index in [1.807, 2.05) is 23.1 Å². The molecule has 4 rings (SSSR count). The molecule has 3 atom stereocenters. The van der Waals surface area contributed by atoms with E-state index in [-0.39, 0.29) is 29.7 Å². The fourth-order valence-electron chi connectivity index (χ4n) is 3.44. The van der Waals surface area contributed by atoms with Gasteiger partial charge in [-0.1, -0.05) is 12.1 Å². The number of amides is 1. The first-order valence-electron chi connectivity index (χ1n) is 8.31. The SMILES string of the molecule is O=C([C@@H]1C[C@H]1c1cccc(F)c1)N1CC[C@H](Oc2ccncc2)C1. The van der Waals surface area contributed by atoms with Crippen LogP contribution in [0.15, 0.2) is 48.8 Å². The minimum absolute atomic E-state index is 0.00789. The molecule has 24 heavy (non-hydrogen) atoms. The number of likely N-dealkylation sites (tertiary alicyclic amines) is 1. The molecule has 1 aliphatic carbocycles. The summed E-state index contributed by atoms with van der Waals surface area (Å²) in [6.45, 7) is 1.34. The normalized spacial score (nSPS) is 25.5. The first-order chi connectivity index (χ1) is 11.7. The van der Waals surface area contributed by atoms with Crippen LogP contribution in [0.2, 0.25) is 0 Å². The third-order valence-electron chi connectivity index (χ3n) is 4.79. The molecule has 1 saturated heterocycles. The predicted octanol–water partition coefficient (Wildman–Crippen LogP) is 3.00. The summed E-state index contributed by atoms with van der Waals surface area (Å²) in [6.07, 6.45) is 5.07. The van der Waals surface area contributed by atoms with Crippen molar-refractivity contribution in [3.05, 3.63) is 60.2 Å². The van der Waals surface area contributed by atoms with Crippen molar-refractivity contribution in [3.8, 4) is 5.75 Å². The van der Waals surface area contributed by atoms with Gasteiger partial charge in [-0.2, -0.15) is 0 Å². The average Bonchev–Trinajstić information content (AvgIpc) is 3.27. The number of pyridine rings is 1. The molecule has 0 N–H and O–H groups in total. The molecular formula is C19H19FN2O2. The van der Waals surface area contributed by atoms with Gasteiger partial charge in [0.05, 0.1) is 6.54 Å². The standard InChI is InChI=1S/C19H19FN2O2/c20-14-3-1-2-13(10-14)17-11-18(17)19(23)22-9-6-16(12-22)24-15-4-7-21-8-5-15/h1-5,7-8,10,16-18H,6,9,11-12H2/t16-,17-,18+/m0/s1. The van der Waals surface area contributed by atoms with Crippen molar-refractivity contribution < 1.29 is 13.9 Å². The van der Waals surface area contributed by atoms with Crippen LogP contribution in [0.4, 0.5) is 4.39 Å². The fourth-order valence-corrected chi connectivity index (χ4v) is 3.44. The lowest BCUT2D eigenvalue weighted by molar-refractivity contribution is -0.131. The van der Waals surface area contributed by atoms with Crippen LogP contribution in [0.25, 0.3) is 0 Å². The maximum Gasteiger partial charge on any atom is 0.226 e. The van der Waals surface area contributed by atoms with E-state index in [4.69, 9.17) is 4.74 Å². The van der Waals surface area contributed by atoms with Crippen molar-refractivity contribution in [2.24, 2.45) is 5.92 Å². The molecule has 2 heterocycles. The number of nitrogens with zero attached hydrogens (tertiary/aromatic N) is 2. The van der Waals surface area contributed by atoms with Crippen LogP contribution in [-0.4, -0.2) is 35.0 Å². The van der Waals surface area contributed by atoms with Crippen LogP contribution in [0, 0.1) is 11.7 Å². The molecule has 1 amide bonds. The van der Waals surface area contributed by atoms with Gasteiger partial charge in [0.1, 0.15) is 17.7 Å². The number of hydrogen-bond acceptors (Lipinski definition) is 3. The molecule has 124 valence electrons. The van der Waals surface area contributed by atoms with Gasteiger partial charge in [0.15, 0.2) is 0 Å². The Hall–Kier alpha value is -2.43. The van der Waals surface area contributed by atoms with E-state index in [9.17, 15) is 9.18 Å². The van der Waals surface area contributed by atoms with Gasteiger partial charge in [0, 0.05) is 31.3 Å². The number of hydrogen-bond donors (Lipinski definition) is 0. The summed E-state index contributed by atoms with van der Waals surface area (Å²) in [5, 5.41) is 0. The van der Waals surface area contributed by atoms with Crippen LogP contribution in [0.3, 0.4) is 0 Å². The molecule has 1 aromatic heterocycles. The largest absolute Gasteiger partial charge is 0.488 e. The van der Waals surface area contributed by atoms with E-state index in [0.29, 0.717) is 6.54 Å². The number of rotatable bonds is 4. The number of carbonyl (C=O) groups is 1. The minimum Gasteiger partial charge on any atom is -0.488 e. The van der Waals surface area contributed by atoms with Gasteiger partial charge in [-0.3, -0.25) is 9.78 Å². The molecule has 1 saturated carbocycles. The maximum atomic E-state index is 13.3. The molecular weight excluding hydrogens is 307 g/mol. The highest BCUT2D eigenvalue weighted by Gasteiger charge is 2.47. The third-order valence-corrected chi connectivity index (χ3v) is 4.79. The molecule has 0 spiro atoms. The van der Waals surface area contributed by atoms with E-state index in [1.54, 1.807) is 18.5 Å². The topological polar surface area (TPSA) is 42.4 Å². The average molecular weight is 326 g/mol. The van der Waals surface area contributed by atoms with E-state index in [1.165, 1.54) is 12.1 Å². The first kappa shape index (κ1) is 15.1. The third kappa shape index (κ3) is 3.11. The highest BCUT2D eigenvalue weighted by molar-refractivity contribution is 5.83. The van der Waals surface area contributed by atoms with Crippen molar-refractivity contribution in [3.63, 3.8) is 0 Å². The van der Waals surface area contributed by atoms with Crippen molar-refractivity contribution in [2.45, 2.75) is 24.9 Å². The van der Waals surface area contributed by atoms with E-state index >= 15 is 0 Å². The summed E-state index contributed by atoms with van der Waals surface area (Å²) in [6, 6.07) is 10.2. The van der Waals surface area contributed by atoms with E-state index in [0.717, 1.165) is 30.7 Å². The zero-order valence-electron chi connectivity index (χ0n) is 13.3. The molecule has 2 fully saturated rings. The summed E-state index contributed by atoms with van der Waals surface area (Å²) < 4.78 is 19.2. The highest BCUT2D eigenvalue weighted by atomic mass is 19.1. The summed E-state index contributed by atoms with van der Waals surface area (Å²) in [5.74, 6) is 0.871. The lowest BCUT2D eigenvalue weighted by Crippen LogP contribution is -2.32. The van der Waals surface area contributed by atoms with Crippen LogP contribution < -0.4 is 4.74 Å². The van der Waals surface area contributed by atoms with Crippen LogP contribution in [-0.2, 0) is 4.79 Å². The van der Waals surface area contributed by atoms with Gasteiger partial charge < -0.3 is 9.64 Å². The van der Waals surface area contributed by atoms with Crippen molar-refractivity contribution in [1.29, 1.82) is 0 Å². The molecule has 4 nitrogen and oxygen atoms in total. The molecule has 2 aliphatic rings. The Morgan fingerprint density at radius 1 is 1.25 bits per heavy atom. The Bertz CT molecular complexity index is 737. The second kappa shape index (κ2) is 6.23. The summed E-state index contributed by atoms with van der Waals surface area (Å²) in [5.41, 5.74) is 0.928. The molecule has 0 unspecified atom stereocenters. The number of ether oxygens (including phenoxy) is 1. The fraction of sp³-hybridized carbons (Fsp3) is 0.368. The Labute approximate surface area is 140 Å². The predicted molar refractivity (Wildman–Crippen MR) is 87.1 cm³/mol. The smallest absolute Gasteiger partial charge is 0.226 e. The van der Waals surface area contributed by atoms with Gasteiger partial charge in [-0.05, 0) is 42.2 Å². The second-order valence-corrected chi connectivity index (χ2v) is 6.50. The van der Waals surface area contributed by atoms with Crippen LogP contribution in [0.1, 0.15) is 24.3 Å². The molecule has 1 aromatic carbocycles. The monoisotopic (exact) mass is 326 g/mol. The minimum atomic E-state index is -0.238. The highest BCUT2D eigenvalue weighted by Crippen LogP contribution is 2.48. The Kier molecular flexibility index (Phi) is 3.92. The van der Waals surface area contributed by atoms with Crippen LogP contribution in [0.5, 0.6) is 5.75 Å². The Balaban J connectivity index is 1.34. The maximum absolute atomic E-state index is 13.3. The van der Waals surface area contributed by atoms with Gasteiger partial charge in [-0.25, -0.2) is 4.39 Å². The zero-order chi connectivity index (χ0) is 16.5. The lowest BCUT2D eigenvalue weighted by atomic mass is 10.1. The quantitative estimate of drug-likeness (QED) is 0.867. The van der Waals surface area contributed by atoms with Crippen molar-refractivity contribution in [1.82, 2.24) is 9.88 Å². The van der Waals surface area contributed by atoms with Gasteiger partial charge in [-0.15, -0.1) is 0 Å². The number of halogens is 1. The first-order valence-corrected chi connectivity index (χ1v) is 8.31. The van der Waals surface area contributed by atoms with E-state index in [2.05, 4.69) is 4.98 Å². The number of aromatic nitrogens is 1. The van der Waals surface area contributed by atoms with Gasteiger partial charge >= 0.3 is 0 Å². The summed E-state index contributed by atoms with van der Waals surface area (Å²) in [4.78, 5) is 18.5. The van der Waals surface area contributed by atoms with Crippen LogP contribution >= 0.6 is 0 Å². The summed E-state index contributed by atoms with van der Waals surface area (Å²) in [7, 11) is 0. The molecule has 0 bridgehead atoms. The molecule has 5 heteroatoms. The van der Waals surface area contributed by atoms with E-state index < -0.39 is 0 Å². The summed E-state index contributed by atoms with van der Waals surface area (Å²) >= 11 is 0.